The summed E-state index contributed by atoms with van der Waals surface area (Å²) in [5, 5.41) is 10.0. The van der Waals surface area contributed by atoms with Gasteiger partial charge in [-0.1, -0.05) is 12.1 Å². The molecule has 1 N–H and O–H groups in total. The molecule has 1 aromatic heterocycles. The average molecular weight is 273 g/mol. The lowest BCUT2D eigenvalue weighted by Crippen LogP contribution is -2.20. The summed E-state index contributed by atoms with van der Waals surface area (Å²) in [6.45, 7) is 2.70. The SMILES string of the molecule is O=C(O)Cc1cccc2c1ccn2CC1CCOCC1. The van der Waals surface area contributed by atoms with Gasteiger partial charge in [0.05, 0.1) is 6.42 Å². The second kappa shape index (κ2) is 5.67. The van der Waals surface area contributed by atoms with Crippen LogP contribution in [-0.2, 0) is 22.5 Å². The van der Waals surface area contributed by atoms with Gasteiger partial charge in [0.2, 0.25) is 0 Å². The lowest BCUT2D eigenvalue weighted by Gasteiger charge is -2.22. The van der Waals surface area contributed by atoms with Gasteiger partial charge in [0, 0.05) is 36.9 Å². The molecule has 1 aromatic carbocycles. The van der Waals surface area contributed by atoms with E-state index in [1.165, 1.54) is 0 Å². The normalized spacial score (nSPS) is 16.6. The fraction of sp³-hybridized carbons (Fsp3) is 0.438. The van der Waals surface area contributed by atoms with Crippen LogP contribution in [0.3, 0.4) is 0 Å². The molecule has 0 saturated carbocycles. The van der Waals surface area contributed by atoms with Crippen LogP contribution in [0.2, 0.25) is 0 Å². The molecule has 20 heavy (non-hydrogen) atoms. The average Bonchev–Trinajstić information content (AvgIpc) is 2.84. The number of hydrogen-bond donors (Lipinski definition) is 1. The Bertz CT molecular complexity index is 611. The summed E-state index contributed by atoms with van der Waals surface area (Å²) in [5.41, 5.74) is 2.02. The predicted octanol–water partition coefficient (Wildman–Crippen LogP) is 2.70. The zero-order chi connectivity index (χ0) is 13.9. The van der Waals surface area contributed by atoms with E-state index in [4.69, 9.17) is 9.84 Å². The van der Waals surface area contributed by atoms with E-state index >= 15 is 0 Å². The van der Waals surface area contributed by atoms with E-state index < -0.39 is 5.97 Å². The molecule has 4 heteroatoms. The van der Waals surface area contributed by atoms with E-state index in [1.807, 2.05) is 18.2 Å². The van der Waals surface area contributed by atoms with Crippen LogP contribution >= 0.6 is 0 Å². The number of benzene rings is 1. The molecule has 0 unspecified atom stereocenters. The Balaban J connectivity index is 1.87. The van der Waals surface area contributed by atoms with Crippen molar-refractivity contribution in [1.29, 1.82) is 0 Å². The van der Waals surface area contributed by atoms with Crippen LogP contribution < -0.4 is 0 Å². The summed E-state index contributed by atoms with van der Waals surface area (Å²) in [7, 11) is 0. The van der Waals surface area contributed by atoms with Crippen LogP contribution in [0.1, 0.15) is 18.4 Å². The highest BCUT2D eigenvalue weighted by molar-refractivity contribution is 5.87. The number of carboxylic acids is 1. The Labute approximate surface area is 118 Å². The summed E-state index contributed by atoms with van der Waals surface area (Å²) >= 11 is 0. The predicted molar refractivity (Wildman–Crippen MR) is 76.8 cm³/mol. The topological polar surface area (TPSA) is 51.5 Å². The molecular weight excluding hydrogens is 254 g/mol. The maximum atomic E-state index is 10.9. The largest absolute Gasteiger partial charge is 0.481 e. The Morgan fingerprint density at radius 2 is 2.10 bits per heavy atom. The zero-order valence-electron chi connectivity index (χ0n) is 11.4. The number of aliphatic carboxylic acids is 1. The smallest absolute Gasteiger partial charge is 0.307 e. The van der Waals surface area contributed by atoms with Crippen LogP contribution in [-0.4, -0.2) is 28.9 Å². The van der Waals surface area contributed by atoms with Crippen molar-refractivity contribution in [1.82, 2.24) is 4.57 Å². The van der Waals surface area contributed by atoms with Gasteiger partial charge in [0.25, 0.3) is 0 Å². The van der Waals surface area contributed by atoms with Gasteiger partial charge in [-0.15, -0.1) is 0 Å². The molecule has 0 spiro atoms. The van der Waals surface area contributed by atoms with Crippen molar-refractivity contribution in [2.75, 3.05) is 13.2 Å². The van der Waals surface area contributed by atoms with E-state index in [2.05, 4.69) is 16.8 Å². The van der Waals surface area contributed by atoms with E-state index in [-0.39, 0.29) is 6.42 Å². The van der Waals surface area contributed by atoms with E-state index in [0.717, 1.165) is 49.1 Å². The van der Waals surface area contributed by atoms with Crippen LogP contribution in [0.5, 0.6) is 0 Å². The quantitative estimate of drug-likeness (QED) is 0.931. The van der Waals surface area contributed by atoms with Gasteiger partial charge in [0.15, 0.2) is 0 Å². The molecule has 2 heterocycles. The molecule has 0 atom stereocenters. The minimum atomic E-state index is -0.783. The molecule has 0 radical (unpaired) electrons. The number of aromatic nitrogens is 1. The maximum absolute atomic E-state index is 10.9. The minimum absolute atomic E-state index is 0.0820. The molecule has 2 aromatic rings. The van der Waals surface area contributed by atoms with Gasteiger partial charge in [-0.25, -0.2) is 0 Å². The molecule has 1 aliphatic heterocycles. The number of carbonyl (C=O) groups is 1. The lowest BCUT2D eigenvalue weighted by molar-refractivity contribution is -0.136. The molecule has 106 valence electrons. The first-order chi connectivity index (χ1) is 9.74. The molecule has 1 fully saturated rings. The van der Waals surface area contributed by atoms with Crippen LogP contribution in [0.15, 0.2) is 30.5 Å². The summed E-state index contributed by atoms with van der Waals surface area (Å²) in [6, 6.07) is 7.95. The van der Waals surface area contributed by atoms with Gasteiger partial charge in [-0.05, 0) is 36.5 Å². The number of fused-ring (bicyclic) bond motifs is 1. The van der Waals surface area contributed by atoms with Crippen molar-refractivity contribution in [3.8, 4) is 0 Å². The van der Waals surface area contributed by atoms with Crippen molar-refractivity contribution < 1.29 is 14.6 Å². The number of rotatable bonds is 4. The number of hydrogen-bond acceptors (Lipinski definition) is 2. The molecule has 0 bridgehead atoms. The van der Waals surface area contributed by atoms with Gasteiger partial charge < -0.3 is 14.4 Å². The summed E-state index contributed by atoms with van der Waals surface area (Å²) < 4.78 is 7.64. The van der Waals surface area contributed by atoms with Crippen molar-refractivity contribution in [3.63, 3.8) is 0 Å². The molecular formula is C16H19NO3. The van der Waals surface area contributed by atoms with Gasteiger partial charge >= 0.3 is 5.97 Å². The number of carboxylic acid groups (broad SMARTS) is 1. The highest BCUT2D eigenvalue weighted by Gasteiger charge is 2.16. The molecule has 3 rings (SSSR count). The third-order valence-electron chi connectivity index (χ3n) is 4.04. The van der Waals surface area contributed by atoms with Crippen molar-refractivity contribution in [2.24, 2.45) is 5.92 Å². The monoisotopic (exact) mass is 273 g/mol. The van der Waals surface area contributed by atoms with E-state index in [9.17, 15) is 4.79 Å². The molecule has 0 aliphatic carbocycles. The van der Waals surface area contributed by atoms with Gasteiger partial charge in [-0.2, -0.15) is 0 Å². The van der Waals surface area contributed by atoms with Crippen molar-refractivity contribution in [3.05, 3.63) is 36.0 Å². The molecule has 1 aliphatic rings. The van der Waals surface area contributed by atoms with E-state index in [0.29, 0.717) is 5.92 Å². The maximum Gasteiger partial charge on any atom is 0.307 e. The molecule has 4 nitrogen and oxygen atoms in total. The highest BCUT2D eigenvalue weighted by Crippen LogP contribution is 2.24. The van der Waals surface area contributed by atoms with Crippen molar-refractivity contribution >= 4 is 16.9 Å². The Hall–Kier alpha value is -1.81. The first-order valence-electron chi connectivity index (χ1n) is 7.10. The Morgan fingerprint density at radius 1 is 1.30 bits per heavy atom. The first kappa shape index (κ1) is 13.2. The summed E-state index contributed by atoms with van der Waals surface area (Å²) in [4.78, 5) is 10.9. The minimum Gasteiger partial charge on any atom is -0.481 e. The lowest BCUT2D eigenvalue weighted by atomic mass is 10.0. The van der Waals surface area contributed by atoms with Crippen LogP contribution in [0.25, 0.3) is 10.9 Å². The third kappa shape index (κ3) is 2.70. The Kier molecular flexibility index (Phi) is 3.74. The number of ether oxygens (including phenoxy) is 1. The molecule has 0 amide bonds. The number of nitrogens with zero attached hydrogens (tertiary/aromatic N) is 1. The fourth-order valence-corrected chi connectivity index (χ4v) is 2.97. The van der Waals surface area contributed by atoms with Crippen LogP contribution in [0.4, 0.5) is 0 Å². The first-order valence-corrected chi connectivity index (χ1v) is 7.10. The zero-order valence-corrected chi connectivity index (χ0v) is 11.4. The third-order valence-corrected chi connectivity index (χ3v) is 4.04. The van der Waals surface area contributed by atoms with Gasteiger partial charge in [0.1, 0.15) is 0 Å². The summed E-state index contributed by atoms with van der Waals surface area (Å²) in [6.07, 6.45) is 4.37. The standard InChI is InChI=1S/C16H19NO3/c18-16(19)10-13-2-1-3-15-14(13)4-7-17(15)11-12-5-8-20-9-6-12/h1-4,7,12H,5-6,8-11H2,(H,18,19). The summed E-state index contributed by atoms with van der Waals surface area (Å²) in [5.74, 6) is -0.128. The van der Waals surface area contributed by atoms with E-state index in [1.54, 1.807) is 0 Å². The van der Waals surface area contributed by atoms with Crippen molar-refractivity contribution in [2.45, 2.75) is 25.8 Å². The second-order valence-corrected chi connectivity index (χ2v) is 5.44. The van der Waals surface area contributed by atoms with Gasteiger partial charge in [-0.3, -0.25) is 4.79 Å². The molecule has 1 saturated heterocycles. The second-order valence-electron chi connectivity index (χ2n) is 5.44. The van der Waals surface area contributed by atoms with Crippen LogP contribution in [0, 0.1) is 5.92 Å². The highest BCUT2D eigenvalue weighted by atomic mass is 16.5. The Morgan fingerprint density at radius 3 is 2.85 bits per heavy atom. The fourth-order valence-electron chi connectivity index (χ4n) is 2.97.